The van der Waals surface area contributed by atoms with Gasteiger partial charge in [0.15, 0.2) is 0 Å². The van der Waals surface area contributed by atoms with E-state index in [0.29, 0.717) is 88.3 Å². The van der Waals surface area contributed by atoms with E-state index in [1.807, 2.05) is 34.7 Å². The van der Waals surface area contributed by atoms with Crippen molar-refractivity contribution in [3.63, 3.8) is 0 Å². The molecule has 0 bridgehead atoms. The molecule has 0 heterocycles. The fourth-order valence-electron chi connectivity index (χ4n) is 5.41. The molecule has 5 atom stereocenters. The van der Waals surface area contributed by atoms with Gasteiger partial charge in [-0.1, -0.05) is 35.1 Å². The topological polar surface area (TPSA) is 207 Å². The Bertz CT molecular complexity index is 1240. The standard InChI is InChI=1S/C37H58INO13/c1-37(2,3)36(47)51-24-26-21-25(12-13-29(26)52-30-22-28(35(45)46)32(42)34(44)33(30)43)9-7-15-48-17-19-50-20-18-49-16-8-11-27(40)10-5-4-6-14-39-31(41)23-38/h12-13,21,28,30,32-34,42-44H,4-11,14-20,22-24H2,1-3H3,(H,39,41)(H,45,46)/t28-,30+,32+,33-,34-/m0/s1. The third-order valence-corrected chi connectivity index (χ3v) is 9.18. The molecule has 1 aromatic rings. The minimum absolute atomic E-state index is 0.0402. The number of carbonyl (C=O) groups is 4. The van der Waals surface area contributed by atoms with Gasteiger partial charge in [-0.3, -0.25) is 19.2 Å². The normalized spacial score (nSPS) is 20.3. The van der Waals surface area contributed by atoms with Crippen molar-refractivity contribution in [1.82, 2.24) is 5.32 Å². The molecule has 52 heavy (non-hydrogen) atoms. The van der Waals surface area contributed by atoms with Crippen LogP contribution in [0.1, 0.15) is 83.3 Å². The summed E-state index contributed by atoms with van der Waals surface area (Å²) in [5.74, 6) is -2.51. The quantitative estimate of drug-likeness (QED) is 0.0394. The minimum atomic E-state index is -1.70. The van der Waals surface area contributed by atoms with Gasteiger partial charge >= 0.3 is 11.9 Å². The number of unbranched alkanes of at least 4 members (excludes halogenated alkanes) is 2. The molecule has 1 fully saturated rings. The fourth-order valence-corrected chi connectivity index (χ4v) is 5.68. The lowest BCUT2D eigenvalue weighted by molar-refractivity contribution is -0.175. The Labute approximate surface area is 320 Å². The number of hydrogen-bond acceptors (Lipinski definition) is 12. The maximum atomic E-state index is 12.5. The number of carbonyl (C=O) groups excluding carboxylic acids is 3. The summed E-state index contributed by atoms with van der Waals surface area (Å²) in [6.45, 7) is 8.43. The van der Waals surface area contributed by atoms with Gasteiger partial charge in [0, 0.05) is 44.6 Å². The predicted octanol–water partition coefficient (Wildman–Crippen LogP) is 3.15. The lowest BCUT2D eigenvalue weighted by Crippen LogP contribution is -2.57. The van der Waals surface area contributed by atoms with Gasteiger partial charge in [0.25, 0.3) is 0 Å². The second kappa shape index (κ2) is 24.8. The Hall–Kier alpha value is -2.41. The number of carboxylic acids is 1. The molecule has 0 unspecified atom stereocenters. The molecule has 0 saturated heterocycles. The number of aryl methyl sites for hydroxylation is 1. The van der Waals surface area contributed by atoms with Gasteiger partial charge < -0.3 is 49.4 Å². The second-order valence-electron chi connectivity index (χ2n) is 14.0. The Morgan fingerprint density at radius 1 is 0.827 bits per heavy atom. The number of amides is 1. The van der Waals surface area contributed by atoms with Crippen molar-refractivity contribution in [2.24, 2.45) is 11.3 Å². The molecule has 1 aromatic carbocycles. The van der Waals surface area contributed by atoms with E-state index in [2.05, 4.69) is 5.32 Å². The van der Waals surface area contributed by atoms with Crippen LogP contribution >= 0.6 is 22.6 Å². The summed E-state index contributed by atoms with van der Waals surface area (Å²) < 4.78 is 28.8. The third kappa shape index (κ3) is 17.6. The number of aliphatic hydroxyl groups is 3. The highest BCUT2D eigenvalue weighted by molar-refractivity contribution is 14.1. The molecule has 1 aliphatic carbocycles. The van der Waals surface area contributed by atoms with Gasteiger partial charge in [-0.05, 0) is 70.6 Å². The van der Waals surface area contributed by atoms with Crippen molar-refractivity contribution in [2.45, 2.75) is 110 Å². The molecule has 5 N–H and O–H groups in total. The Balaban J connectivity index is 1.66. The minimum Gasteiger partial charge on any atom is -0.487 e. The zero-order valence-electron chi connectivity index (χ0n) is 30.7. The molecule has 14 nitrogen and oxygen atoms in total. The number of benzene rings is 1. The summed E-state index contributed by atoms with van der Waals surface area (Å²) >= 11 is 2.03. The molecule has 2 rings (SSSR count). The van der Waals surface area contributed by atoms with Gasteiger partial charge in [0.1, 0.15) is 36.5 Å². The number of aliphatic carboxylic acids is 1. The van der Waals surface area contributed by atoms with Crippen LogP contribution in [-0.2, 0) is 51.2 Å². The summed E-state index contributed by atoms with van der Waals surface area (Å²) in [5, 5.41) is 43.2. The zero-order valence-corrected chi connectivity index (χ0v) is 32.8. The molecular formula is C37H58INO13. The van der Waals surface area contributed by atoms with Crippen LogP contribution in [0.2, 0.25) is 0 Å². The average molecular weight is 852 g/mol. The number of rotatable bonds is 26. The highest BCUT2D eigenvalue weighted by atomic mass is 127. The van der Waals surface area contributed by atoms with E-state index < -0.39 is 47.7 Å². The van der Waals surface area contributed by atoms with Gasteiger partial charge in [-0.25, -0.2) is 0 Å². The number of aliphatic hydroxyl groups excluding tert-OH is 3. The summed E-state index contributed by atoms with van der Waals surface area (Å²) in [7, 11) is 0. The maximum Gasteiger partial charge on any atom is 0.311 e. The molecule has 1 saturated carbocycles. The number of hydrogen-bond donors (Lipinski definition) is 5. The van der Waals surface area contributed by atoms with E-state index in [4.69, 9.17) is 23.7 Å². The van der Waals surface area contributed by atoms with Gasteiger partial charge in [0.05, 0.1) is 48.3 Å². The van der Waals surface area contributed by atoms with Crippen LogP contribution in [-0.4, -0.2) is 119 Å². The SMILES string of the molecule is CC(C)(C)C(=O)OCc1cc(CCCOCCOCCOCCCC(=O)CCCCCNC(=O)CI)ccc1O[C@@H]1C[C@H](C(=O)O)[C@@H](O)[C@H](O)[C@H]1O. The first-order valence-electron chi connectivity index (χ1n) is 18.0. The van der Waals surface area contributed by atoms with Crippen molar-refractivity contribution in [3.8, 4) is 5.75 Å². The van der Waals surface area contributed by atoms with E-state index in [0.717, 1.165) is 24.8 Å². The van der Waals surface area contributed by atoms with E-state index in [1.165, 1.54) is 0 Å². The summed E-state index contributed by atoms with van der Waals surface area (Å²) in [6, 6.07) is 5.29. The van der Waals surface area contributed by atoms with Crippen LogP contribution in [0.3, 0.4) is 0 Å². The number of halogens is 1. The number of ketones is 1. The molecular weight excluding hydrogens is 793 g/mol. The zero-order chi connectivity index (χ0) is 38.5. The molecule has 0 radical (unpaired) electrons. The lowest BCUT2D eigenvalue weighted by Gasteiger charge is -2.38. The smallest absolute Gasteiger partial charge is 0.311 e. The first kappa shape index (κ1) is 45.7. The number of nitrogens with one attached hydrogen (secondary N) is 1. The molecule has 15 heteroatoms. The van der Waals surface area contributed by atoms with Gasteiger partial charge in [0.2, 0.25) is 5.91 Å². The van der Waals surface area contributed by atoms with Crippen molar-refractivity contribution >= 4 is 46.2 Å². The second-order valence-corrected chi connectivity index (χ2v) is 14.7. The molecule has 0 spiro atoms. The number of Topliss-reactive ketones (excluding diaryl/α,β-unsaturated/α-hetero) is 1. The summed E-state index contributed by atoms with van der Waals surface area (Å²) in [4.78, 5) is 47.3. The molecule has 1 amide bonds. The first-order valence-corrected chi connectivity index (χ1v) is 19.6. The van der Waals surface area contributed by atoms with Crippen molar-refractivity contribution < 1.29 is 63.3 Å². The van der Waals surface area contributed by atoms with Crippen LogP contribution in [0.4, 0.5) is 0 Å². The van der Waals surface area contributed by atoms with Crippen LogP contribution < -0.4 is 10.1 Å². The van der Waals surface area contributed by atoms with Crippen LogP contribution in [0.15, 0.2) is 18.2 Å². The number of esters is 1. The van der Waals surface area contributed by atoms with E-state index in [-0.39, 0.29) is 30.5 Å². The van der Waals surface area contributed by atoms with Gasteiger partial charge in [-0.2, -0.15) is 0 Å². The summed E-state index contributed by atoms with van der Waals surface area (Å²) in [5.41, 5.74) is 0.699. The van der Waals surface area contributed by atoms with E-state index >= 15 is 0 Å². The van der Waals surface area contributed by atoms with E-state index in [9.17, 15) is 39.6 Å². The first-order chi connectivity index (χ1) is 24.7. The average Bonchev–Trinajstić information content (AvgIpc) is 3.10. The predicted molar refractivity (Wildman–Crippen MR) is 199 cm³/mol. The Morgan fingerprint density at radius 2 is 1.46 bits per heavy atom. The monoisotopic (exact) mass is 851 g/mol. The Morgan fingerprint density at radius 3 is 2.10 bits per heavy atom. The van der Waals surface area contributed by atoms with Crippen LogP contribution in [0.5, 0.6) is 5.75 Å². The molecule has 296 valence electrons. The van der Waals surface area contributed by atoms with Crippen molar-refractivity contribution in [1.29, 1.82) is 0 Å². The number of alkyl halides is 1. The third-order valence-electron chi connectivity index (χ3n) is 8.49. The van der Waals surface area contributed by atoms with Crippen molar-refractivity contribution in [3.05, 3.63) is 29.3 Å². The highest BCUT2D eigenvalue weighted by Gasteiger charge is 2.47. The van der Waals surface area contributed by atoms with Crippen LogP contribution in [0.25, 0.3) is 0 Å². The fraction of sp³-hybridized carbons (Fsp3) is 0.730. The van der Waals surface area contributed by atoms with Gasteiger partial charge in [-0.15, -0.1) is 0 Å². The largest absolute Gasteiger partial charge is 0.487 e. The summed E-state index contributed by atoms with van der Waals surface area (Å²) in [6.07, 6.45) is -0.470. The van der Waals surface area contributed by atoms with Crippen molar-refractivity contribution in [2.75, 3.05) is 50.6 Å². The molecule has 0 aliphatic heterocycles. The highest BCUT2D eigenvalue weighted by Crippen LogP contribution is 2.32. The van der Waals surface area contributed by atoms with Crippen LogP contribution in [0, 0.1) is 11.3 Å². The molecule has 1 aliphatic rings. The lowest BCUT2D eigenvalue weighted by atomic mass is 9.80. The Kier molecular flexibility index (Phi) is 21.8. The number of carboxylic acid groups (broad SMARTS) is 1. The molecule has 0 aromatic heterocycles. The number of ether oxygens (including phenoxy) is 5. The van der Waals surface area contributed by atoms with E-state index in [1.54, 1.807) is 26.8 Å². The maximum absolute atomic E-state index is 12.5.